The summed E-state index contributed by atoms with van der Waals surface area (Å²) in [7, 11) is 1.70. The van der Waals surface area contributed by atoms with Crippen LogP contribution in [0.25, 0.3) is 0 Å². The van der Waals surface area contributed by atoms with E-state index in [0.717, 1.165) is 38.0 Å². The third kappa shape index (κ3) is 3.01. The summed E-state index contributed by atoms with van der Waals surface area (Å²) in [5.41, 5.74) is 2.41. The van der Waals surface area contributed by atoms with Gasteiger partial charge in [-0.25, -0.2) is 0 Å². The predicted molar refractivity (Wildman–Crippen MR) is 82.8 cm³/mol. The molecule has 2 heterocycles. The fourth-order valence-electron chi connectivity index (χ4n) is 3.64. The highest BCUT2D eigenvalue weighted by atomic mass is 16.5. The molecule has 2 N–H and O–H groups in total. The van der Waals surface area contributed by atoms with Gasteiger partial charge in [-0.15, -0.1) is 0 Å². The summed E-state index contributed by atoms with van der Waals surface area (Å²) in [6.07, 6.45) is 5.56. The Morgan fingerprint density at radius 3 is 3.10 bits per heavy atom. The number of unbranched alkanes of at least 4 members (excludes halogenated alkanes) is 1. The smallest absolute Gasteiger partial charge is 0.119 e. The van der Waals surface area contributed by atoms with Gasteiger partial charge in [0.2, 0.25) is 0 Å². The average Bonchev–Trinajstić information content (AvgIpc) is 2.55. The van der Waals surface area contributed by atoms with E-state index in [4.69, 9.17) is 14.6 Å². The van der Waals surface area contributed by atoms with E-state index in [0.29, 0.717) is 12.0 Å². The molecule has 0 amide bonds. The molecule has 2 aliphatic rings. The van der Waals surface area contributed by atoms with Crippen molar-refractivity contribution in [3.63, 3.8) is 0 Å². The van der Waals surface area contributed by atoms with E-state index >= 15 is 0 Å². The lowest BCUT2D eigenvalue weighted by atomic mass is 9.78. The zero-order valence-corrected chi connectivity index (χ0v) is 12.7. The summed E-state index contributed by atoms with van der Waals surface area (Å²) in [6, 6.07) is 6.65. The van der Waals surface area contributed by atoms with Crippen LogP contribution in [-0.2, 0) is 4.74 Å². The third-order valence-corrected chi connectivity index (χ3v) is 4.71. The van der Waals surface area contributed by atoms with Crippen molar-refractivity contribution < 1.29 is 14.6 Å². The molecule has 0 aliphatic carbocycles. The van der Waals surface area contributed by atoms with Crippen LogP contribution in [0.3, 0.4) is 0 Å². The van der Waals surface area contributed by atoms with Crippen LogP contribution < -0.4 is 10.1 Å². The summed E-state index contributed by atoms with van der Waals surface area (Å²) in [6.45, 7) is 1.13. The number of fused-ring (bicyclic) bond motifs is 3. The van der Waals surface area contributed by atoms with E-state index in [1.54, 1.807) is 7.11 Å². The Morgan fingerprint density at radius 1 is 1.38 bits per heavy atom. The Kier molecular flexibility index (Phi) is 4.66. The minimum Gasteiger partial charge on any atom is -0.497 e. The number of methoxy groups -OCH3 is 1. The van der Waals surface area contributed by atoms with Crippen molar-refractivity contribution in [3.8, 4) is 5.75 Å². The molecule has 3 atom stereocenters. The Morgan fingerprint density at radius 2 is 2.29 bits per heavy atom. The van der Waals surface area contributed by atoms with Gasteiger partial charge in [0.25, 0.3) is 0 Å². The van der Waals surface area contributed by atoms with Crippen LogP contribution in [0.5, 0.6) is 5.75 Å². The van der Waals surface area contributed by atoms with E-state index < -0.39 is 0 Å². The Labute approximate surface area is 126 Å². The van der Waals surface area contributed by atoms with Crippen LogP contribution in [0.1, 0.15) is 43.8 Å². The first-order valence-electron chi connectivity index (χ1n) is 8.00. The van der Waals surface area contributed by atoms with Crippen LogP contribution in [0.4, 0.5) is 5.69 Å². The molecular formula is C17H25NO3. The molecule has 21 heavy (non-hydrogen) atoms. The van der Waals surface area contributed by atoms with Crippen LogP contribution in [-0.4, -0.2) is 31.5 Å². The predicted octanol–water partition coefficient (Wildman–Crippen LogP) is 3.12. The molecule has 0 aromatic heterocycles. The lowest BCUT2D eigenvalue weighted by molar-refractivity contribution is -0.0388. The monoisotopic (exact) mass is 291 g/mol. The summed E-state index contributed by atoms with van der Waals surface area (Å²) in [4.78, 5) is 0. The summed E-state index contributed by atoms with van der Waals surface area (Å²) < 4.78 is 11.5. The van der Waals surface area contributed by atoms with Gasteiger partial charge >= 0.3 is 0 Å². The fourth-order valence-corrected chi connectivity index (χ4v) is 3.64. The topological polar surface area (TPSA) is 50.7 Å². The van der Waals surface area contributed by atoms with Gasteiger partial charge in [0, 0.05) is 36.4 Å². The molecule has 1 fully saturated rings. The second kappa shape index (κ2) is 6.67. The number of rotatable bonds is 5. The minimum absolute atomic E-state index is 0.184. The van der Waals surface area contributed by atoms with Crippen molar-refractivity contribution in [1.82, 2.24) is 0 Å². The third-order valence-electron chi connectivity index (χ3n) is 4.71. The maximum Gasteiger partial charge on any atom is 0.119 e. The van der Waals surface area contributed by atoms with Gasteiger partial charge in [-0.2, -0.15) is 0 Å². The van der Waals surface area contributed by atoms with Crippen molar-refractivity contribution in [2.24, 2.45) is 5.92 Å². The van der Waals surface area contributed by atoms with Gasteiger partial charge in [-0.3, -0.25) is 0 Å². The Hall–Kier alpha value is -1.26. The number of hydrogen-bond acceptors (Lipinski definition) is 4. The highest BCUT2D eigenvalue weighted by Crippen LogP contribution is 2.45. The van der Waals surface area contributed by atoms with Gasteiger partial charge in [-0.05, 0) is 50.3 Å². The molecule has 116 valence electrons. The summed E-state index contributed by atoms with van der Waals surface area (Å²) >= 11 is 0. The average molecular weight is 291 g/mol. The molecule has 3 rings (SSSR count). The van der Waals surface area contributed by atoms with E-state index in [1.165, 1.54) is 17.7 Å². The fraction of sp³-hybridized carbons (Fsp3) is 0.647. The molecule has 0 radical (unpaired) electrons. The maximum atomic E-state index is 8.98. The van der Waals surface area contributed by atoms with Crippen LogP contribution in [0.2, 0.25) is 0 Å². The zero-order valence-electron chi connectivity index (χ0n) is 12.7. The molecular weight excluding hydrogens is 266 g/mol. The second-order valence-corrected chi connectivity index (χ2v) is 6.02. The van der Waals surface area contributed by atoms with Gasteiger partial charge < -0.3 is 19.9 Å². The Bertz CT molecular complexity index is 477. The van der Waals surface area contributed by atoms with E-state index in [2.05, 4.69) is 17.4 Å². The molecule has 0 spiro atoms. The van der Waals surface area contributed by atoms with Crippen LogP contribution >= 0.6 is 0 Å². The molecule has 4 nitrogen and oxygen atoms in total. The quantitative estimate of drug-likeness (QED) is 0.818. The van der Waals surface area contributed by atoms with Crippen molar-refractivity contribution >= 4 is 5.69 Å². The number of hydrogen-bond donors (Lipinski definition) is 2. The van der Waals surface area contributed by atoms with Crippen LogP contribution in [0, 0.1) is 5.92 Å². The first-order chi connectivity index (χ1) is 10.3. The highest BCUT2D eigenvalue weighted by Gasteiger charge is 2.38. The maximum absolute atomic E-state index is 8.98. The van der Waals surface area contributed by atoms with Gasteiger partial charge in [0.05, 0.1) is 13.2 Å². The SMILES string of the molecule is COc1ccc2c(c1)C1OCCCC1C(CCCCO)N2. The lowest BCUT2D eigenvalue weighted by Gasteiger charge is -2.43. The first kappa shape index (κ1) is 14.7. The van der Waals surface area contributed by atoms with Gasteiger partial charge in [0.15, 0.2) is 0 Å². The molecule has 3 unspecified atom stereocenters. The van der Waals surface area contributed by atoms with Crippen molar-refractivity contribution in [3.05, 3.63) is 23.8 Å². The first-order valence-corrected chi connectivity index (χ1v) is 8.00. The largest absolute Gasteiger partial charge is 0.497 e. The highest BCUT2D eigenvalue weighted by molar-refractivity contribution is 5.58. The lowest BCUT2D eigenvalue weighted by Crippen LogP contribution is -2.41. The number of anilines is 1. The molecule has 0 saturated carbocycles. The summed E-state index contributed by atoms with van der Waals surface area (Å²) in [5.74, 6) is 1.42. The molecule has 1 saturated heterocycles. The van der Waals surface area contributed by atoms with Crippen molar-refractivity contribution in [2.45, 2.75) is 44.2 Å². The number of aliphatic hydroxyl groups is 1. The number of aliphatic hydroxyl groups excluding tert-OH is 1. The van der Waals surface area contributed by atoms with E-state index in [9.17, 15) is 0 Å². The van der Waals surface area contributed by atoms with E-state index in [-0.39, 0.29) is 12.7 Å². The second-order valence-electron chi connectivity index (χ2n) is 6.02. The van der Waals surface area contributed by atoms with Crippen molar-refractivity contribution in [2.75, 3.05) is 25.6 Å². The molecule has 1 aromatic carbocycles. The molecule has 0 bridgehead atoms. The zero-order chi connectivity index (χ0) is 14.7. The van der Waals surface area contributed by atoms with Gasteiger partial charge in [-0.1, -0.05) is 0 Å². The number of nitrogens with one attached hydrogen (secondary N) is 1. The minimum atomic E-state index is 0.184. The summed E-state index contributed by atoms with van der Waals surface area (Å²) in [5, 5.41) is 12.7. The van der Waals surface area contributed by atoms with E-state index in [1.807, 2.05) is 6.07 Å². The van der Waals surface area contributed by atoms with Gasteiger partial charge in [0.1, 0.15) is 5.75 Å². The van der Waals surface area contributed by atoms with Crippen molar-refractivity contribution in [1.29, 1.82) is 0 Å². The normalized spacial score (nSPS) is 27.4. The standard InChI is InChI=1S/C17H25NO3/c1-20-12-7-8-16-14(11-12)17-13(5-4-10-21-17)15(18-16)6-2-3-9-19/h7-8,11,13,15,17-19H,2-6,9-10H2,1H3. The number of ether oxygens (including phenoxy) is 2. The Balaban J connectivity index is 1.83. The van der Waals surface area contributed by atoms with Crippen LogP contribution in [0.15, 0.2) is 18.2 Å². The molecule has 4 heteroatoms. The number of benzene rings is 1. The molecule has 2 aliphatic heterocycles. The molecule has 1 aromatic rings.